The maximum Gasteiger partial charge on any atom is 0.209 e. The normalized spacial score (nSPS) is 15.9. The molecule has 0 aliphatic carbocycles. The highest BCUT2D eigenvalue weighted by atomic mass is 16.1. The molecular formula is C18H21NO2. The van der Waals surface area contributed by atoms with Crippen LogP contribution in [0.25, 0.3) is 0 Å². The quantitative estimate of drug-likeness (QED) is 0.803. The first-order chi connectivity index (χ1) is 10.2. The molecule has 3 rings (SSSR count). The van der Waals surface area contributed by atoms with Gasteiger partial charge in [0.05, 0.1) is 11.6 Å². The Balaban J connectivity index is 0.000000774. The lowest BCUT2D eigenvalue weighted by Crippen LogP contribution is -2.09. The molecule has 2 aromatic rings. The molecule has 0 saturated heterocycles. The van der Waals surface area contributed by atoms with Crippen molar-refractivity contribution in [2.45, 2.75) is 39.7 Å². The Hall–Kier alpha value is -2.16. The van der Waals surface area contributed by atoms with E-state index in [1.54, 1.807) is 6.92 Å². The number of ketones is 2. The second-order valence-electron chi connectivity index (χ2n) is 4.94. The van der Waals surface area contributed by atoms with Crippen LogP contribution in [-0.2, 0) is 11.3 Å². The average molecular weight is 283 g/mol. The van der Waals surface area contributed by atoms with E-state index in [2.05, 4.69) is 0 Å². The molecule has 1 aliphatic heterocycles. The Kier molecular flexibility index (Phi) is 4.73. The second kappa shape index (κ2) is 6.53. The van der Waals surface area contributed by atoms with E-state index in [1.807, 2.05) is 60.9 Å². The minimum atomic E-state index is -0.0441. The topological polar surface area (TPSA) is 39.1 Å². The summed E-state index contributed by atoms with van der Waals surface area (Å²) in [5, 5.41) is 0. The predicted octanol–water partition coefficient (Wildman–Crippen LogP) is 3.82. The van der Waals surface area contributed by atoms with Gasteiger partial charge in [0.25, 0.3) is 0 Å². The summed E-state index contributed by atoms with van der Waals surface area (Å²) in [4.78, 5) is 24.0. The first-order valence-electron chi connectivity index (χ1n) is 7.48. The largest absolute Gasteiger partial charge is 0.341 e. The minimum absolute atomic E-state index is 0.0241. The van der Waals surface area contributed by atoms with Crippen molar-refractivity contribution in [1.82, 2.24) is 4.57 Å². The Morgan fingerprint density at radius 3 is 2.33 bits per heavy atom. The van der Waals surface area contributed by atoms with E-state index < -0.39 is 0 Å². The molecule has 0 N–H and O–H groups in total. The Labute approximate surface area is 125 Å². The van der Waals surface area contributed by atoms with Gasteiger partial charge >= 0.3 is 0 Å². The van der Waals surface area contributed by atoms with Crippen molar-refractivity contribution in [3.63, 3.8) is 0 Å². The summed E-state index contributed by atoms with van der Waals surface area (Å²) < 4.78 is 1.99. The monoisotopic (exact) mass is 283 g/mol. The molecule has 0 bridgehead atoms. The van der Waals surface area contributed by atoms with Crippen molar-refractivity contribution < 1.29 is 9.59 Å². The molecule has 0 radical (unpaired) electrons. The fraction of sp³-hybridized carbons (Fsp3) is 0.333. The van der Waals surface area contributed by atoms with Crippen molar-refractivity contribution in [2.24, 2.45) is 0 Å². The van der Waals surface area contributed by atoms with Crippen molar-refractivity contribution in [3.05, 3.63) is 59.4 Å². The summed E-state index contributed by atoms with van der Waals surface area (Å²) in [6, 6.07) is 13.0. The highest BCUT2D eigenvalue weighted by Gasteiger charge is 2.29. The number of hydrogen-bond donors (Lipinski definition) is 0. The molecule has 3 nitrogen and oxygen atoms in total. The van der Waals surface area contributed by atoms with Crippen molar-refractivity contribution >= 4 is 11.6 Å². The molecule has 0 saturated carbocycles. The zero-order valence-corrected chi connectivity index (χ0v) is 12.8. The van der Waals surface area contributed by atoms with E-state index in [1.165, 1.54) is 0 Å². The number of Topliss-reactive ketones (excluding diaryl/α,β-unsaturated/α-hetero) is 1. The molecule has 1 aliphatic rings. The van der Waals surface area contributed by atoms with Gasteiger partial charge in [-0.3, -0.25) is 9.59 Å². The van der Waals surface area contributed by atoms with Gasteiger partial charge in [-0.05, 0) is 25.5 Å². The van der Waals surface area contributed by atoms with Crippen LogP contribution in [0.15, 0.2) is 42.5 Å². The van der Waals surface area contributed by atoms with Gasteiger partial charge in [-0.1, -0.05) is 44.2 Å². The third-order valence-electron chi connectivity index (χ3n) is 3.77. The fourth-order valence-corrected chi connectivity index (χ4v) is 2.79. The average Bonchev–Trinajstić information content (AvgIpc) is 3.10. The second-order valence-corrected chi connectivity index (χ2v) is 4.94. The van der Waals surface area contributed by atoms with Gasteiger partial charge in [-0.15, -0.1) is 0 Å². The number of rotatable bonds is 3. The fourth-order valence-electron chi connectivity index (χ4n) is 2.79. The Morgan fingerprint density at radius 1 is 1.05 bits per heavy atom. The van der Waals surface area contributed by atoms with Gasteiger partial charge in [0, 0.05) is 17.8 Å². The van der Waals surface area contributed by atoms with E-state index in [-0.39, 0.29) is 17.5 Å². The number of carbonyl (C=O) groups is 2. The third-order valence-corrected chi connectivity index (χ3v) is 3.77. The van der Waals surface area contributed by atoms with Gasteiger partial charge in [-0.25, -0.2) is 0 Å². The number of nitrogens with zero attached hydrogens (tertiary/aromatic N) is 1. The number of benzene rings is 1. The molecule has 1 unspecified atom stereocenters. The third kappa shape index (κ3) is 2.82. The first kappa shape index (κ1) is 15.2. The van der Waals surface area contributed by atoms with Gasteiger partial charge in [0.2, 0.25) is 5.78 Å². The lowest BCUT2D eigenvalue weighted by Gasteiger charge is -2.05. The van der Waals surface area contributed by atoms with Gasteiger partial charge in [-0.2, -0.15) is 0 Å². The number of hydrogen-bond acceptors (Lipinski definition) is 2. The van der Waals surface area contributed by atoms with Gasteiger partial charge < -0.3 is 4.57 Å². The maximum atomic E-state index is 12.4. The smallest absolute Gasteiger partial charge is 0.209 e. The molecule has 0 amide bonds. The lowest BCUT2D eigenvalue weighted by molar-refractivity contribution is -0.118. The molecule has 110 valence electrons. The lowest BCUT2D eigenvalue weighted by atomic mass is 10.0. The standard InChI is InChI=1S/C16H15NO2.C2H6/c1-11(18)13-9-10-17-14(13)7-8-15(17)16(19)12-5-3-2-4-6-12;1-2/h2-8,13H,9-10H2,1H3;1-2H3. The number of aromatic nitrogens is 1. The van der Waals surface area contributed by atoms with Crippen LogP contribution in [0, 0.1) is 0 Å². The van der Waals surface area contributed by atoms with Crippen molar-refractivity contribution in [1.29, 1.82) is 0 Å². The van der Waals surface area contributed by atoms with E-state index in [9.17, 15) is 9.59 Å². The molecule has 1 aromatic heterocycles. The van der Waals surface area contributed by atoms with Crippen molar-refractivity contribution in [3.8, 4) is 0 Å². The Bertz CT molecular complexity index is 640. The molecule has 0 spiro atoms. The Morgan fingerprint density at radius 2 is 1.71 bits per heavy atom. The first-order valence-corrected chi connectivity index (χ1v) is 7.48. The highest BCUT2D eigenvalue weighted by molar-refractivity contribution is 6.08. The van der Waals surface area contributed by atoms with E-state index in [4.69, 9.17) is 0 Å². The summed E-state index contributed by atoms with van der Waals surface area (Å²) in [6.07, 6.45) is 0.806. The maximum absolute atomic E-state index is 12.4. The van der Waals surface area contributed by atoms with Gasteiger partial charge in [0.15, 0.2) is 0 Å². The highest BCUT2D eigenvalue weighted by Crippen LogP contribution is 2.31. The molecule has 21 heavy (non-hydrogen) atoms. The summed E-state index contributed by atoms with van der Waals surface area (Å²) in [5.74, 6) is 0.156. The van der Waals surface area contributed by atoms with Crippen LogP contribution in [0.1, 0.15) is 54.9 Å². The van der Waals surface area contributed by atoms with E-state index in [0.717, 1.165) is 18.7 Å². The minimum Gasteiger partial charge on any atom is -0.341 e. The van der Waals surface area contributed by atoms with Gasteiger partial charge in [0.1, 0.15) is 5.78 Å². The number of fused-ring (bicyclic) bond motifs is 1. The molecular weight excluding hydrogens is 262 g/mol. The van der Waals surface area contributed by atoms with Crippen LogP contribution in [0.5, 0.6) is 0 Å². The van der Waals surface area contributed by atoms with Crippen LogP contribution in [0.4, 0.5) is 0 Å². The number of carbonyl (C=O) groups excluding carboxylic acids is 2. The molecule has 0 fully saturated rings. The zero-order valence-electron chi connectivity index (χ0n) is 12.8. The van der Waals surface area contributed by atoms with Crippen LogP contribution in [0.2, 0.25) is 0 Å². The van der Waals surface area contributed by atoms with E-state index in [0.29, 0.717) is 11.3 Å². The van der Waals surface area contributed by atoms with Crippen LogP contribution >= 0.6 is 0 Å². The van der Waals surface area contributed by atoms with E-state index >= 15 is 0 Å². The SMILES string of the molecule is CC.CC(=O)C1CCn2c(C(=O)c3ccccc3)ccc21. The molecule has 3 heteroatoms. The summed E-state index contributed by atoms with van der Waals surface area (Å²) in [5.41, 5.74) is 2.35. The summed E-state index contributed by atoms with van der Waals surface area (Å²) >= 11 is 0. The zero-order chi connectivity index (χ0) is 15.4. The molecule has 2 heterocycles. The molecule has 1 atom stereocenters. The van der Waals surface area contributed by atoms with Crippen LogP contribution in [-0.4, -0.2) is 16.1 Å². The summed E-state index contributed by atoms with van der Waals surface area (Å²) in [6.45, 7) is 6.37. The van der Waals surface area contributed by atoms with Crippen molar-refractivity contribution in [2.75, 3.05) is 0 Å². The summed E-state index contributed by atoms with van der Waals surface area (Å²) in [7, 11) is 0. The molecule has 1 aromatic carbocycles. The van der Waals surface area contributed by atoms with Crippen LogP contribution < -0.4 is 0 Å². The predicted molar refractivity (Wildman–Crippen MR) is 83.7 cm³/mol. The van der Waals surface area contributed by atoms with Crippen LogP contribution in [0.3, 0.4) is 0 Å².